The van der Waals surface area contributed by atoms with E-state index in [0.717, 1.165) is 36.2 Å². The lowest BCUT2D eigenvalue weighted by Crippen LogP contribution is -2.44. The van der Waals surface area contributed by atoms with E-state index in [1.54, 1.807) is 6.20 Å². The second-order valence-electron chi connectivity index (χ2n) is 4.98. The molecule has 1 aliphatic heterocycles. The Kier molecular flexibility index (Phi) is 4.50. The first kappa shape index (κ1) is 14.5. The van der Waals surface area contributed by atoms with Gasteiger partial charge in [-0.25, -0.2) is 0 Å². The quantitative estimate of drug-likeness (QED) is 0.906. The zero-order chi connectivity index (χ0) is 14.7. The fourth-order valence-corrected chi connectivity index (χ4v) is 3.36. The van der Waals surface area contributed by atoms with Crippen molar-refractivity contribution in [3.63, 3.8) is 0 Å². The number of hydrogen-bond donors (Lipinski definition) is 1. The van der Waals surface area contributed by atoms with Crippen LogP contribution in [0.3, 0.4) is 0 Å². The maximum absolute atomic E-state index is 12.3. The Balaban J connectivity index is 1.56. The van der Waals surface area contributed by atoms with Crippen LogP contribution in [0.2, 0.25) is 0 Å². The molecule has 1 N–H and O–H groups in total. The average molecular weight is 367 g/mol. The van der Waals surface area contributed by atoms with Crippen molar-refractivity contribution >= 4 is 39.4 Å². The monoisotopic (exact) mass is 366 g/mol. The van der Waals surface area contributed by atoms with Crippen LogP contribution in [0.1, 0.15) is 23.2 Å². The van der Waals surface area contributed by atoms with Gasteiger partial charge in [-0.05, 0) is 40.9 Å². The van der Waals surface area contributed by atoms with Crippen molar-refractivity contribution in [3.8, 4) is 0 Å². The van der Waals surface area contributed by atoms with Gasteiger partial charge in [0, 0.05) is 23.6 Å². The number of amides is 1. The first-order chi connectivity index (χ1) is 10.2. The molecule has 2 heterocycles. The summed E-state index contributed by atoms with van der Waals surface area (Å²) >= 11 is 4.64. The number of carbonyl (C=O) groups is 1. The SMILES string of the molecule is O=C(NC1CCN(c2cnsn2)CC1)c1ccccc1Br. The van der Waals surface area contributed by atoms with E-state index in [1.807, 2.05) is 24.3 Å². The summed E-state index contributed by atoms with van der Waals surface area (Å²) in [4.78, 5) is 14.5. The molecule has 1 amide bonds. The lowest BCUT2D eigenvalue weighted by molar-refractivity contribution is 0.0930. The summed E-state index contributed by atoms with van der Waals surface area (Å²) in [5, 5.41) is 3.11. The molecule has 0 unspecified atom stereocenters. The minimum absolute atomic E-state index is 0.0174. The van der Waals surface area contributed by atoms with Gasteiger partial charge in [0.15, 0.2) is 5.82 Å². The van der Waals surface area contributed by atoms with Crippen molar-refractivity contribution in [1.82, 2.24) is 14.1 Å². The van der Waals surface area contributed by atoms with Crippen LogP contribution in [0.5, 0.6) is 0 Å². The largest absolute Gasteiger partial charge is 0.354 e. The number of hydrogen-bond acceptors (Lipinski definition) is 5. The van der Waals surface area contributed by atoms with E-state index in [2.05, 4.69) is 34.9 Å². The number of rotatable bonds is 3. The number of carbonyl (C=O) groups excluding carboxylic acids is 1. The molecule has 1 saturated heterocycles. The summed E-state index contributed by atoms with van der Waals surface area (Å²) in [5.74, 6) is 0.923. The molecule has 1 aromatic heterocycles. The Labute approximate surface area is 135 Å². The van der Waals surface area contributed by atoms with E-state index >= 15 is 0 Å². The van der Waals surface area contributed by atoms with Gasteiger partial charge in [-0.1, -0.05) is 12.1 Å². The molecule has 0 atom stereocenters. The van der Waals surface area contributed by atoms with Gasteiger partial charge < -0.3 is 10.2 Å². The molecule has 0 aliphatic carbocycles. The highest BCUT2D eigenvalue weighted by Crippen LogP contribution is 2.19. The summed E-state index contributed by atoms with van der Waals surface area (Å²) < 4.78 is 9.10. The van der Waals surface area contributed by atoms with Crippen LogP contribution in [0.15, 0.2) is 34.9 Å². The van der Waals surface area contributed by atoms with Crippen molar-refractivity contribution in [2.75, 3.05) is 18.0 Å². The molecule has 1 aromatic carbocycles. The second-order valence-corrected chi connectivity index (χ2v) is 6.39. The lowest BCUT2D eigenvalue weighted by atomic mass is 10.0. The maximum Gasteiger partial charge on any atom is 0.252 e. The topological polar surface area (TPSA) is 58.1 Å². The molecular formula is C14H15BrN4OS. The molecule has 21 heavy (non-hydrogen) atoms. The highest BCUT2D eigenvalue weighted by molar-refractivity contribution is 9.10. The zero-order valence-electron chi connectivity index (χ0n) is 11.3. The van der Waals surface area contributed by atoms with Crippen molar-refractivity contribution in [2.24, 2.45) is 0 Å². The fourth-order valence-electron chi connectivity index (χ4n) is 2.46. The third-order valence-corrected chi connectivity index (χ3v) is 4.78. The van der Waals surface area contributed by atoms with E-state index in [9.17, 15) is 4.79 Å². The fraction of sp³-hybridized carbons (Fsp3) is 0.357. The first-order valence-electron chi connectivity index (χ1n) is 6.82. The van der Waals surface area contributed by atoms with E-state index in [0.29, 0.717) is 5.56 Å². The minimum atomic E-state index is -0.0174. The highest BCUT2D eigenvalue weighted by Gasteiger charge is 2.22. The summed E-state index contributed by atoms with van der Waals surface area (Å²) in [6.07, 6.45) is 3.64. The van der Waals surface area contributed by atoms with Crippen molar-refractivity contribution in [1.29, 1.82) is 0 Å². The van der Waals surface area contributed by atoms with Crippen molar-refractivity contribution < 1.29 is 4.79 Å². The molecule has 1 fully saturated rings. The standard InChI is InChI=1S/C14H15BrN4OS/c15-12-4-2-1-3-11(12)14(20)17-10-5-7-19(8-6-10)13-9-16-21-18-13/h1-4,9-10H,5-8H2,(H,17,20). The Morgan fingerprint density at radius 2 is 2.10 bits per heavy atom. The number of benzene rings is 1. The molecule has 1 aliphatic rings. The number of nitrogens with one attached hydrogen (secondary N) is 1. The summed E-state index contributed by atoms with van der Waals surface area (Å²) in [6.45, 7) is 1.79. The van der Waals surface area contributed by atoms with Crippen LogP contribution in [-0.2, 0) is 0 Å². The summed E-state index contributed by atoms with van der Waals surface area (Å²) in [6, 6.07) is 7.70. The molecule has 7 heteroatoms. The number of halogens is 1. The van der Waals surface area contributed by atoms with Crippen LogP contribution in [0.25, 0.3) is 0 Å². The molecular weight excluding hydrogens is 352 g/mol. The van der Waals surface area contributed by atoms with E-state index in [-0.39, 0.29) is 11.9 Å². The van der Waals surface area contributed by atoms with Crippen molar-refractivity contribution in [2.45, 2.75) is 18.9 Å². The van der Waals surface area contributed by atoms with Gasteiger partial charge in [-0.3, -0.25) is 4.79 Å². The van der Waals surface area contributed by atoms with E-state index in [4.69, 9.17) is 0 Å². The zero-order valence-corrected chi connectivity index (χ0v) is 13.7. The minimum Gasteiger partial charge on any atom is -0.354 e. The van der Waals surface area contributed by atoms with E-state index < -0.39 is 0 Å². The Morgan fingerprint density at radius 1 is 1.33 bits per heavy atom. The van der Waals surface area contributed by atoms with Gasteiger partial charge in [-0.2, -0.15) is 8.75 Å². The molecule has 3 rings (SSSR count). The Morgan fingerprint density at radius 3 is 2.76 bits per heavy atom. The lowest BCUT2D eigenvalue weighted by Gasteiger charge is -2.32. The van der Waals surface area contributed by atoms with Gasteiger partial charge in [0.1, 0.15) is 0 Å². The predicted molar refractivity (Wildman–Crippen MR) is 86.8 cm³/mol. The summed E-state index contributed by atoms with van der Waals surface area (Å²) in [5.41, 5.74) is 0.684. The number of piperidine rings is 1. The number of nitrogens with zero attached hydrogens (tertiary/aromatic N) is 3. The van der Waals surface area contributed by atoms with Crippen LogP contribution in [0, 0.1) is 0 Å². The van der Waals surface area contributed by atoms with Crippen LogP contribution < -0.4 is 10.2 Å². The molecule has 0 radical (unpaired) electrons. The molecule has 0 spiro atoms. The molecule has 5 nitrogen and oxygen atoms in total. The van der Waals surface area contributed by atoms with Gasteiger partial charge in [0.05, 0.1) is 23.5 Å². The van der Waals surface area contributed by atoms with Crippen molar-refractivity contribution in [3.05, 3.63) is 40.5 Å². The number of aromatic nitrogens is 2. The predicted octanol–water partition coefficient (Wildman–Crippen LogP) is 2.70. The molecule has 2 aromatic rings. The van der Waals surface area contributed by atoms with Gasteiger partial charge in [0.25, 0.3) is 5.91 Å². The van der Waals surface area contributed by atoms with Gasteiger partial charge in [0.2, 0.25) is 0 Å². The smallest absolute Gasteiger partial charge is 0.252 e. The molecule has 110 valence electrons. The molecule has 0 bridgehead atoms. The van der Waals surface area contributed by atoms with Crippen LogP contribution >= 0.6 is 27.7 Å². The summed E-state index contributed by atoms with van der Waals surface area (Å²) in [7, 11) is 0. The molecule has 0 saturated carbocycles. The van der Waals surface area contributed by atoms with Crippen LogP contribution in [0.4, 0.5) is 5.82 Å². The Bertz CT molecular complexity index is 611. The first-order valence-corrected chi connectivity index (χ1v) is 8.34. The van der Waals surface area contributed by atoms with E-state index in [1.165, 1.54) is 11.7 Å². The maximum atomic E-state index is 12.3. The van der Waals surface area contributed by atoms with Gasteiger partial charge >= 0.3 is 0 Å². The third-order valence-electron chi connectivity index (χ3n) is 3.62. The van der Waals surface area contributed by atoms with Crippen LogP contribution in [-0.4, -0.2) is 33.8 Å². The average Bonchev–Trinajstić information content (AvgIpc) is 3.02. The van der Waals surface area contributed by atoms with Gasteiger partial charge in [-0.15, -0.1) is 0 Å². The second kappa shape index (κ2) is 6.53. The number of anilines is 1. The normalized spacial score (nSPS) is 16.0. The highest BCUT2D eigenvalue weighted by atomic mass is 79.9. The Hall–Kier alpha value is -1.47. The third kappa shape index (κ3) is 3.41.